The Bertz CT molecular complexity index is 861. The molecule has 0 heterocycles. The number of carbonyl (C=O) groups is 1. The zero-order valence-corrected chi connectivity index (χ0v) is 15.4. The Hall–Kier alpha value is -3.11. The van der Waals surface area contributed by atoms with Gasteiger partial charge in [0.2, 0.25) is 5.91 Å². The van der Waals surface area contributed by atoms with Crippen LogP contribution in [-0.4, -0.2) is 12.5 Å². The van der Waals surface area contributed by atoms with Crippen LogP contribution in [0.4, 0.5) is 5.69 Å². The number of benzene rings is 3. The van der Waals surface area contributed by atoms with Gasteiger partial charge in [-0.1, -0.05) is 60.2 Å². The van der Waals surface area contributed by atoms with Gasteiger partial charge in [0.25, 0.3) is 0 Å². The molecule has 3 rings (SSSR count). The fourth-order valence-corrected chi connectivity index (χ4v) is 2.72. The van der Waals surface area contributed by atoms with Crippen molar-refractivity contribution in [1.29, 1.82) is 0 Å². The molecule has 0 spiro atoms. The topological polar surface area (TPSA) is 50.4 Å². The van der Waals surface area contributed by atoms with E-state index in [0.717, 1.165) is 17.0 Å². The molecule has 1 amide bonds. The number of hydrogen-bond acceptors (Lipinski definition) is 3. The van der Waals surface area contributed by atoms with Gasteiger partial charge in [0.05, 0.1) is 6.54 Å². The smallest absolute Gasteiger partial charge is 0.238 e. The van der Waals surface area contributed by atoms with Crippen LogP contribution in [-0.2, 0) is 17.9 Å². The van der Waals surface area contributed by atoms with Crippen molar-refractivity contribution in [2.45, 2.75) is 20.1 Å². The molecule has 138 valence electrons. The summed E-state index contributed by atoms with van der Waals surface area (Å²) in [5.41, 5.74) is 4.26. The number of hydrogen-bond donors (Lipinski definition) is 2. The van der Waals surface area contributed by atoms with Crippen molar-refractivity contribution in [3.63, 3.8) is 0 Å². The van der Waals surface area contributed by atoms with Crippen LogP contribution in [0.5, 0.6) is 5.75 Å². The summed E-state index contributed by atoms with van der Waals surface area (Å²) in [6.45, 7) is 3.51. The van der Waals surface area contributed by atoms with Gasteiger partial charge >= 0.3 is 0 Å². The molecule has 0 saturated carbocycles. The highest BCUT2D eigenvalue weighted by Gasteiger charge is 2.03. The molecule has 0 fully saturated rings. The number of amides is 1. The van der Waals surface area contributed by atoms with Gasteiger partial charge in [-0.15, -0.1) is 0 Å². The summed E-state index contributed by atoms with van der Waals surface area (Å²) in [6, 6.07) is 25.7. The van der Waals surface area contributed by atoms with E-state index in [-0.39, 0.29) is 12.5 Å². The summed E-state index contributed by atoms with van der Waals surface area (Å²) < 4.78 is 5.75. The lowest BCUT2D eigenvalue weighted by atomic mass is 10.1. The second kappa shape index (κ2) is 9.55. The number of rotatable bonds is 8. The van der Waals surface area contributed by atoms with E-state index < -0.39 is 0 Å². The maximum Gasteiger partial charge on any atom is 0.238 e. The van der Waals surface area contributed by atoms with E-state index in [0.29, 0.717) is 13.2 Å². The summed E-state index contributed by atoms with van der Waals surface area (Å²) in [5, 5.41) is 6.05. The Balaban J connectivity index is 1.41. The Morgan fingerprint density at radius 3 is 2.37 bits per heavy atom. The van der Waals surface area contributed by atoms with Crippen molar-refractivity contribution >= 4 is 11.6 Å². The van der Waals surface area contributed by atoms with Crippen molar-refractivity contribution in [1.82, 2.24) is 5.32 Å². The SMILES string of the molecule is Cc1cccc(CNCC(=O)Nc2ccc(OCc3ccccc3)cc2)c1. The molecule has 3 aromatic carbocycles. The van der Waals surface area contributed by atoms with E-state index in [1.54, 1.807) is 0 Å². The molecule has 2 N–H and O–H groups in total. The van der Waals surface area contributed by atoms with E-state index in [9.17, 15) is 4.79 Å². The average molecular weight is 360 g/mol. The summed E-state index contributed by atoms with van der Waals surface area (Å²) in [4.78, 5) is 12.1. The second-order valence-electron chi connectivity index (χ2n) is 6.44. The largest absolute Gasteiger partial charge is 0.489 e. The molecule has 27 heavy (non-hydrogen) atoms. The van der Waals surface area contributed by atoms with Crippen molar-refractivity contribution in [2.75, 3.05) is 11.9 Å². The maximum atomic E-state index is 12.1. The molecule has 0 saturated heterocycles. The predicted octanol–water partition coefficient (Wildman–Crippen LogP) is 4.30. The van der Waals surface area contributed by atoms with Gasteiger partial charge in [0.15, 0.2) is 0 Å². The predicted molar refractivity (Wildman–Crippen MR) is 109 cm³/mol. The molecule has 0 aromatic heterocycles. The number of nitrogens with one attached hydrogen (secondary N) is 2. The third kappa shape index (κ3) is 6.28. The van der Waals surface area contributed by atoms with Gasteiger partial charge < -0.3 is 15.4 Å². The highest BCUT2D eigenvalue weighted by Crippen LogP contribution is 2.17. The molecule has 3 aromatic rings. The first-order valence-electron chi connectivity index (χ1n) is 9.02. The molecule has 4 heteroatoms. The molecule has 4 nitrogen and oxygen atoms in total. The maximum absolute atomic E-state index is 12.1. The fraction of sp³-hybridized carbons (Fsp3) is 0.174. The summed E-state index contributed by atoms with van der Waals surface area (Å²) >= 11 is 0. The number of carbonyl (C=O) groups excluding carboxylic acids is 1. The number of aryl methyl sites for hydroxylation is 1. The Labute approximate surface area is 160 Å². The Morgan fingerprint density at radius 2 is 1.63 bits per heavy atom. The Morgan fingerprint density at radius 1 is 0.889 bits per heavy atom. The first-order valence-corrected chi connectivity index (χ1v) is 9.02. The highest BCUT2D eigenvalue weighted by molar-refractivity contribution is 5.92. The van der Waals surface area contributed by atoms with Gasteiger partial charge in [-0.05, 0) is 42.3 Å². The van der Waals surface area contributed by atoms with Crippen LogP contribution in [0.25, 0.3) is 0 Å². The first-order chi connectivity index (χ1) is 13.2. The normalized spacial score (nSPS) is 10.4. The second-order valence-corrected chi connectivity index (χ2v) is 6.44. The zero-order valence-electron chi connectivity index (χ0n) is 15.4. The quantitative estimate of drug-likeness (QED) is 0.630. The number of ether oxygens (including phenoxy) is 1. The zero-order chi connectivity index (χ0) is 18.9. The van der Waals surface area contributed by atoms with E-state index >= 15 is 0 Å². The molecule has 0 bridgehead atoms. The molecule has 0 aliphatic heterocycles. The Kier molecular flexibility index (Phi) is 6.61. The van der Waals surface area contributed by atoms with Crippen LogP contribution >= 0.6 is 0 Å². The van der Waals surface area contributed by atoms with Crippen LogP contribution in [0, 0.1) is 6.92 Å². The number of anilines is 1. The van der Waals surface area contributed by atoms with Gasteiger partial charge in [-0.2, -0.15) is 0 Å². The monoisotopic (exact) mass is 360 g/mol. The van der Waals surface area contributed by atoms with Crippen LogP contribution in [0.15, 0.2) is 78.9 Å². The minimum absolute atomic E-state index is 0.0689. The summed E-state index contributed by atoms with van der Waals surface area (Å²) in [6.07, 6.45) is 0. The van der Waals surface area contributed by atoms with Gasteiger partial charge in [-0.25, -0.2) is 0 Å². The van der Waals surface area contributed by atoms with E-state index in [1.807, 2.05) is 66.7 Å². The van der Waals surface area contributed by atoms with Crippen LogP contribution in [0.3, 0.4) is 0 Å². The van der Waals surface area contributed by atoms with Gasteiger partial charge in [-0.3, -0.25) is 4.79 Å². The standard InChI is InChI=1S/C23H24N2O2/c1-18-6-5-9-20(14-18)15-24-16-23(26)25-21-10-12-22(13-11-21)27-17-19-7-3-2-4-8-19/h2-14,24H,15-17H2,1H3,(H,25,26). The molecule has 0 aliphatic carbocycles. The van der Waals surface area contributed by atoms with Crippen molar-refractivity contribution in [2.24, 2.45) is 0 Å². The highest BCUT2D eigenvalue weighted by atomic mass is 16.5. The van der Waals surface area contributed by atoms with Crippen molar-refractivity contribution in [3.05, 3.63) is 95.6 Å². The molecule has 0 atom stereocenters. The van der Waals surface area contributed by atoms with Crippen molar-refractivity contribution in [3.8, 4) is 5.75 Å². The lowest BCUT2D eigenvalue weighted by Gasteiger charge is -2.09. The van der Waals surface area contributed by atoms with Crippen LogP contribution in [0.1, 0.15) is 16.7 Å². The molecular formula is C23H24N2O2. The van der Waals surface area contributed by atoms with E-state index in [1.165, 1.54) is 11.1 Å². The van der Waals surface area contributed by atoms with Gasteiger partial charge in [0, 0.05) is 12.2 Å². The minimum Gasteiger partial charge on any atom is -0.489 e. The lowest BCUT2D eigenvalue weighted by molar-refractivity contribution is -0.115. The lowest BCUT2D eigenvalue weighted by Crippen LogP contribution is -2.27. The van der Waals surface area contributed by atoms with Crippen LogP contribution in [0.2, 0.25) is 0 Å². The summed E-state index contributed by atoms with van der Waals surface area (Å²) in [5.74, 6) is 0.704. The molecule has 0 radical (unpaired) electrons. The molecule has 0 unspecified atom stereocenters. The van der Waals surface area contributed by atoms with E-state index in [2.05, 4.69) is 29.7 Å². The average Bonchev–Trinajstić information content (AvgIpc) is 2.68. The van der Waals surface area contributed by atoms with Crippen molar-refractivity contribution < 1.29 is 9.53 Å². The molecular weight excluding hydrogens is 336 g/mol. The first kappa shape index (κ1) is 18.7. The third-order valence-corrected chi connectivity index (χ3v) is 4.08. The molecule has 0 aliphatic rings. The fourth-order valence-electron chi connectivity index (χ4n) is 2.72. The summed E-state index contributed by atoms with van der Waals surface area (Å²) in [7, 11) is 0. The van der Waals surface area contributed by atoms with E-state index in [4.69, 9.17) is 4.74 Å². The minimum atomic E-state index is -0.0689. The van der Waals surface area contributed by atoms with Gasteiger partial charge in [0.1, 0.15) is 12.4 Å². The van der Waals surface area contributed by atoms with Crippen LogP contribution < -0.4 is 15.4 Å². The third-order valence-electron chi connectivity index (χ3n) is 4.08.